The lowest BCUT2D eigenvalue weighted by Crippen LogP contribution is -2.34. The molecule has 29 heavy (non-hydrogen) atoms. The number of hydrogen-bond donors (Lipinski definition) is 1. The summed E-state index contributed by atoms with van der Waals surface area (Å²) in [5.41, 5.74) is 5.50. The van der Waals surface area contributed by atoms with Crippen molar-refractivity contribution in [2.24, 2.45) is 0 Å². The van der Waals surface area contributed by atoms with Gasteiger partial charge in [0.1, 0.15) is 5.75 Å². The minimum atomic E-state index is -0.897. The maximum atomic E-state index is 10.8. The van der Waals surface area contributed by atoms with Gasteiger partial charge in [-0.2, -0.15) is 0 Å². The van der Waals surface area contributed by atoms with E-state index in [1.165, 1.54) is 35.6 Å². The van der Waals surface area contributed by atoms with Gasteiger partial charge in [0.05, 0.1) is 6.61 Å². The minimum Gasteiger partial charge on any atom is -0.494 e. The average Bonchev–Trinajstić information content (AvgIpc) is 3.39. The van der Waals surface area contributed by atoms with Crippen molar-refractivity contribution in [2.75, 3.05) is 6.61 Å². The zero-order valence-corrected chi connectivity index (χ0v) is 18.9. The maximum absolute atomic E-state index is 10.8. The monoisotopic (exact) mass is 396 g/mol. The predicted octanol–water partition coefficient (Wildman–Crippen LogP) is 6.44. The van der Waals surface area contributed by atoms with Crippen molar-refractivity contribution in [3.8, 4) is 5.75 Å². The van der Waals surface area contributed by atoms with Crippen LogP contribution in [0.3, 0.4) is 0 Å². The second-order valence-electron chi connectivity index (χ2n) is 10.2. The quantitative estimate of drug-likeness (QED) is 0.426. The fourth-order valence-electron chi connectivity index (χ4n) is 4.73. The molecule has 1 N–H and O–H groups in total. The summed E-state index contributed by atoms with van der Waals surface area (Å²) in [4.78, 5) is 10.8. The van der Waals surface area contributed by atoms with Gasteiger partial charge in [-0.1, -0.05) is 45.9 Å². The third-order valence-electron chi connectivity index (χ3n) is 6.92. The molecule has 1 aromatic carbocycles. The summed E-state index contributed by atoms with van der Waals surface area (Å²) in [6.07, 6.45) is 10.9. The van der Waals surface area contributed by atoms with E-state index in [1.54, 1.807) is 0 Å². The number of allylic oxidation sites excluding steroid dienone is 3. The van der Waals surface area contributed by atoms with Crippen LogP contribution in [0.25, 0.3) is 0 Å². The van der Waals surface area contributed by atoms with Gasteiger partial charge in [-0.3, -0.25) is 0 Å². The Morgan fingerprint density at radius 1 is 1.03 bits per heavy atom. The standard InChI is InChI=1S/C26H36O3/c1-7-29-22-17-20-19(24(3,4)11-12-25(20,5)6)16-21(22)26(13-14-26)10-8-9-18(2)15-23(27)28/h8-9,15-17H,7,10-14H2,1-6H3,(H,27,28). The summed E-state index contributed by atoms with van der Waals surface area (Å²) in [6, 6.07) is 4.77. The summed E-state index contributed by atoms with van der Waals surface area (Å²) in [5, 5.41) is 8.91. The van der Waals surface area contributed by atoms with Gasteiger partial charge < -0.3 is 9.84 Å². The van der Waals surface area contributed by atoms with Crippen molar-refractivity contribution < 1.29 is 14.6 Å². The number of rotatable bonds is 7. The number of benzene rings is 1. The van der Waals surface area contributed by atoms with Crippen molar-refractivity contribution in [1.29, 1.82) is 0 Å². The number of fused-ring (bicyclic) bond motifs is 1. The molecule has 1 fully saturated rings. The molecular formula is C26H36O3. The van der Waals surface area contributed by atoms with Gasteiger partial charge in [-0.05, 0) is 79.5 Å². The Bertz CT molecular complexity index is 851. The fraction of sp³-hybridized carbons (Fsp3) is 0.577. The number of hydrogen-bond acceptors (Lipinski definition) is 2. The summed E-state index contributed by atoms with van der Waals surface area (Å²) < 4.78 is 6.16. The first kappa shape index (κ1) is 21.7. The first-order valence-electron chi connectivity index (χ1n) is 10.9. The lowest BCUT2D eigenvalue weighted by Gasteiger charge is -2.42. The van der Waals surface area contributed by atoms with Crippen LogP contribution >= 0.6 is 0 Å². The number of ether oxygens (including phenoxy) is 1. The van der Waals surface area contributed by atoms with Crippen LogP contribution in [0.15, 0.2) is 35.9 Å². The van der Waals surface area contributed by atoms with Crippen LogP contribution in [0.4, 0.5) is 0 Å². The molecule has 0 saturated heterocycles. The predicted molar refractivity (Wildman–Crippen MR) is 119 cm³/mol. The van der Waals surface area contributed by atoms with Crippen LogP contribution in [-0.2, 0) is 21.0 Å². The summed E-state index contributed by atoms with van der Waals surface area (Å²) in [6.45, 7) is 14.0. The highest BCUT2D eigenvalue weighted by molar-refractivity contribution is 5.81. The van der Waals surface area contributed by atoms with Crippen LogP contribution in [-0.4, -0.2) is 17.7 Å². The number of carbonyl (C=O) groups is 1. The van der Waals surface area contributed by atoms with E-state index < -0.39 is 5.97 Å². The van der Waals surface area contributed by atoms with E-state index in [0.717, 1.165) is 30.6 Å². The molecule has 0 heterocycles. The second kappa shape index (κ2) is 7.66. The van der Waals surface area contributed by atoms with Gasteiger partial charge in [0, 0.05) is 17.1 Å². The molecular weight excluding hydrogens is 360 g/mol. The Morgan fingerprint density at radius 3 is 2.14 bits per heavy atom. The summed E-state index contributed by atoms with van der Waals surface area (Å²) in [5.74, 6) is 0.146. The fourth-order valence-corrected chi connectivity index (χ4v) is 4.73. The van der Waals surface area contributed by atoms with Crippen molar-refractivity contribution in [3.05, 3.63) is 52.6 Å². The van der Waals surface area contributed by atoms with Crippen molar-refractivity contribution in [3.63, 3.8) is 0 Å². The zero-order chi connectivity index (χ0) is 21.4. The molecule has 1 aromatic rings. The molecule has 0 aromatic heterocycles. The summed E-state index contributed by atoms with van der Waals surface area (Å²) in [7, 11) is 0. The Hall–Kier alpha value is -2.03. The molecule has 0 atom stereocenters. The molecule has 0 bridgehead atoms. The molecule has 158 valence electrons. The Kier molecular flexibility index (Phi) is 5.73. The highest BCUT2D eigenvalue weighted by atomic mass is 16.5. The Labute approximate surface area is 175 Å². The molecule has 3 rings (SSSR count). The van der Waals surface area contributed by atoms with E-state index in [0.29, 0.717) is 6.61 Å². The van der Waals surface area contributed by atoms with Crippen LogP contribution in [0.1, 0.15) is 90.3 Å². The summed E-state index contributed by atoms with van der Waals surface area (Å²) >= 11 is 0. The first-order valence-corrected chi connectivity index (χ1v) is 10.9. The van der Waals surface area contributed by atoms with Gasteiger partial charge >= 0.3 is 5.97 Å². The lowest BCUT2D eigenvalue weighted by molar-refractivity contribution is -0.131. The van der Waals surface area contributed by atoms with E-state index in [2.05, 4.69) is 52.8 Å². The molecule has 2 aliphatic carbocycles. The Morgan fingerprint density at radius 2 is 1.62 bits per heavy atom. The molecule has 3 heteroatoms. The molecule has 0 radical (unpaired) electrons. The third kappa shape index (κ3) is 4.44. The normalized spacial score (nSPS) is 21.7. The smallest absolute Gasteiger partial charge is 0.328 e. The van der Waals surface area contributed by atoms with Crippen molar-refractivity contribution in [2.45, 2.75) is 89.9 Å². The van der Waals surface area contributed by atoms with Gasteiger partial charge in [-0.15, -0.1) is 0 Å². The molecule has 3 nitrogen and oxygen atoms in total. The van der Waals surface area contributed by atoms with Crippen LogP contribution in [0, 0.1) is 0 Å². The maximum Gasteiger partial charge on any atom is 0.328 e. The molecule has 0 amide bonds. The van der Waals surface area contributed by atoms with Gasteiger partial charge in [-0.25, -0.2) is 4.79 Å². The van der Waals surface area contributed by atoms with Crippen molar-refractivity contribution in [1.82, 2.24) is 0 Å². The highest BCUT2D eigenvalue weighted by Crippen LogP contribution is 2.57. The minimum absolute atomic E-state index is 0.122. The van der Waals surface area contributed by atoms with E-state index >= 15 is 0 Å². The second-order valence-corrected chi connectivity index (χ2v) is 10.2. The zero-order valence-electron chi connectivity index (χ0n) is 18.9. The van der Waals surface area contributed by atoms with Gasteiger partial charge in [0.25, 0.3) is 0 Å². The molecule has 0 spiro atoms. The van der Waals surface area contributed by atoms with E-state index in [4.69, 9.17) is 9.84 Å². The first-order chi connectivity index (χ1) is 13.5. The largest absolute Gasteiger partial charge is 0.494 e. The number of carboxylic acids is 1. The van der Waals surface area contributed by atoms with Crippen LogP contribution < -0.4 is 4.74 Å². The molecule has 0 aliphatic heterocycles. The van der Waals surface area contributed by atoms with E-state index in [-0.39, 0.29) is 16.2 Å². The molecule has 2 aliphatic rings. The lowest BCUT2D eigenvalue weighted by atomic mass is 9.62. The van der Waals surface area contributed by atoms with Gasteiger partial charge in [0.15, 0.2) is 0 Å². The van der Waals surface area contributed by atoms with Crippen molar-refractivity contribution >= 4 is 5.97 Å². The number of aliphatic carboxylic acids is 1. The van der Waals surface area contributed by atoms with E-state index in [1.807, 2.05) is 13.0 Å². The van der Waals surface area contributed by atoms with E-state index in [9.17, 15) is 4.79 Å². The molecule has 1 saturated carbocycles. The average molecular weight is 397 g/mol. The number of carboxylic acid groups (broad SMARTS) is 1. The SMILES string of the molecule is CCOc1cc2c(cc1C1(CC=CC(C)=CC(=O)O)CC1)C(C)(C)CCC2(C)C. The van der Waals surface area contributed by atoms with Gasteiger partial charge in [0.2, 0.25) is 0 Å². The third-order valence-corrected chi connectivity index (χ3v) is 6.92. The van der Waals surface area contributed by atoms with Crippen LogP contribution in [0.2, 0.25) is 0 Å². The topological polar surface area (TPSA) is 46.5 Å². The highest BCUT2D eigenvalue weighted by Gasteiger charge is 2.47. The van der Waals surface area contributed by atoms with Crippen LogP contribution in [0.5, 0.6) is 5.75 Å². The molecule has 0 unspecified atom stereocenters. The Balaban J connectivity index is 2.00.